The van der Waals surface area contributed by atoms with Gasteiger partial charge in [-0.15, -0.1) is 0 Å². The van der Waals surface area contributed by atoms with E-state index < -0.39 is 24.2 Å². The van der Waals surface area contributed by atoms with Gasteiger partial charge in [0.25, 0.3) is 5.78 Å². The number of Topliss-reactive ketones (excluding diaryl/α,β-unsaturated/α-hetero) is 1. The second-order valence-electron chi connectivity index (χ2n) is 3.87. The van der Waals surface area contributed by atoms with Crippen LogP contribution in [0.2, 0.25) is 5.02 Å². The topological polar surface area (TPSA) is 99.2 Å². The maximum Gasteiger partial charge on any atom is 0.451 e. The first-order valence-corrected chi connectivity index (χ1v) is 5.68. The van der Waals surface area contributed by atoms with Gasteiger partial charge in [0, 0.05) is 10.6 Å². The highest BCUT2D eigenvalue weighted by molar-refractivity contribution is 6.30. The average Bonchev–Trinajstić information content (AvgIpc) is 2.71. The second kappa shape index (κ2) is 6.10. The lowest BCUT2D eigenvalue weighted by Crippen LogP contribution is -2.31. The molecule has 1 aromatic carbocycles. The molecular weight excluding hydrogens is 315 g/mol. The van der Waals surface area contributed by atoms with E-state index in [9.17, 15) is 22.8 Å². The molecule has 6 nitrogen and oxygen atoms in total. The Morgan fingerprint density at radius 1 is 1.29 bits per heavy atom. The van der Waals surface area contributed by atoms with Crippen molar-refractivity contribution in [3.63, 3.8) is 0 Å². The van der Waals surface area contributed by atoms with Gasteiger partial charge in [0.1, 0.15) is 0 Å². The minimum atomic E-state index is -5.01. The van der Waals surface area contributed by atoms with E-state index in [0.717, 1.165) is 0 Å². The number of aromatic nitrogens is 3. The van der Waals surface area contributed by atoms with Crippen LogP contribution in [0.3, 0.4) is 0 Å². The highest BCUT2D eigenvalue weighted by Gasteiger charge is 2.38. The molecule has 0 unspecified atom stereocenters. The molecule has 1 heterocycles. The summed E-state index contributed by atoms with van der Waals surface area (Å²) in [5, 5.41) is 6.05. The maximum atomic E-state index is 12.2. The summed E-state index contributed by atoms with van der Waals surface area (Å²) in [5.74, 6) is -2.10. The molecule has 10 heteroatoms. The summed E-state index contributed by atoms with van der Waals surface area (Å²) in [4.78, 5) is 22.4. The van der Waals surface area contributed by atoms with Crippen molar-refractivity contribution >= 4 is 17.4 Å². The SMILES string of the molecule is O.O=C(Cn1c(-c2ccc(Cl)cc2)n[nH]c1=O)C(F)(F)F. The summed E-state index contributed by atoms with van der Waals surface area (Å²) in [6.45, 7) is -1.13. The second-order valence-corrected chi connectivity index (χ2v) is 4.30. The van der Waals surface area contributed by atoms with Gasteiger partial charge in [-0.2, -0.15) is 18.3 Å². The van der Waals surface area contributed by atoms with Gasteiger partial charge in [-0.25, -0.2) is 9.89 Å². The predicted octanol–water partition coefficient (Wildman–Crippen LogP) is 1.20. The van der Waals surface area contributed by atoms with E-state index in [2.05, 4.69) is 5.10 Å². The lowest BCUT2D eigenvalue weighted by molar-refractivity contribution is -0.171. The minimum Gasteiger partial charge on any atom is -0.412 e. The van der Waals surface area contributed by atoms with E-state index in [1.165, 1.54) is 24.3 Å². The normalized spacial score (nSPS) is 11.0. The molecule has 114 valence electrons. The summed E-state index contributed by atoms with van der Waals surface area (Å²) in [6.07, 6.45) is -5.01. The molecule has 0 atom stereocenters. The molecule has 0 fully saturated rings. The summed E-state index contributed by atoms with van der Waals surface area (Å²) < 4.78 is 37.4. The summed E-state index contributed by atoms with van der Waals surface area (Å²) in [6, 6.07) is 5.94. The molecule has 1 aromatic heterocycles. The summed E-state index contributed by atoms with van der Waals surface area (Å²) in [7, 11) is 0. The Morgan fingerprint density at radius 3 is 2.38 bits per heavy atom. The predicted molar refractivity (Wildman–Crippen MR) is 68.0 cm³/mol. The lowest BCUT2D eigenvalue weighted by Gasteiger charge is -2.07. The van der Waals surface area contributed by atoms with Crippen molar-refractivity contribution in [3.05, 3.63) is 39.8 Å². The van der Waals surface area contributed by atoms with Crippen LogP contribution in [0.5, 0.6) is 0 Å². The molecule has 0 radical (unpaired) electrons. The molecule has 21 heavy (non-hydrogen) atoms. The third-order valence-electron chi connectivity index (χ3n) is 2.48. The molecule has 0 aliphatic carbocycles. The highest BCUT2D eigenvalue weighted by atomic mass is 35.5. The summed E-state index contributed by atoms with van der Waals surface area (Å²) in [5.41, 5.74) is -0.532. The average molecular weight is 324 g/mol. The monoisotopic (exact) mass is 323 g/mol. The van der Waals surface area contributed by atoms with Crippen LogP contribution in [-0.4, -0.2) is 32.2 Å². The molecule has 2 rings (SSSR count). The fourth-order valence-electron chi connectivity index (χ4n) is 1.52. The quantitative estimate of drug-likeness (QED) is 0.918. The van der Waals surface area contributed by atoms with Crippen molar-refractivity contribution in [1.29, 1.82) is 0 Å². The van der Waals surface area contributed by atoms with Gasteiger partial charge in [0.2, 0.25) is 0 Å². The van der Waals surface area contributed by atoms with E-state index in [-0.39, 0.29) is 11.3 Å². The molecule has 3 N–H and O–H groups in total. The molecular formula is C11H9ClF3N3O3. The van der Waals surface area contributed by atoms with Gasteiger partial charge in [0.05, 0.1) is 6.54 Å². The maximum absolute atomic E-state index is 12.2. The van der Waals surface area contributed by atoms with Crippen molar-refractivity contribution in [3.8, 4) is 11.4 Å². The van der Waals surface area contributed by atoms with E-state index >= 15 is 0 Å². The van der Waals surface area contributed by atoms with Crippen LogP contribution < -0.4 is 5.69 Å². The van der Waals surface area contributed by atoms with Gasteiger partial charge in [-0.1, -0.05) is 11.6 Å². The van der Waals surface area contributed by atoms with E-state index in [0.29, 0.717) is 15.2 Å². The Morgan fingerprint density at radius 2 is 1.86 bits per heavy atom. The minimum absolute atomic E-state index is 0. The number of aromatic amines is 1. The van der Waals surface area contributed by atoms with Gasteiger partial charge in [0.15, 0.2) is 5.82 Å². The molecule has 0 aliphatic heterocycles. The number of benzene rings is 1. The Labute approximate surface area is 120 Å². The van der Waals surface area contributed by atoms with Gasteiger partial charge < -0.3 is 5.48 Å². The fourth-order valence-corrected chi connectivity index (χ4v) is 1.64. The number of carbonyl (C=O) groups is 1. The van der Waals surface area contributed by atoms with E-state index in [1.807, 2.05) is 5.10 Å². The number of H-pyrrole nitrogens is 1. The molecule has 2 aromatic rings. The van der Waals surface area contributed by atoms with Crippen molar-refractivity contribution in [2.75, 3.05) is 0 Å². The van der Waals surface area contributed by atoms with Crippen LogP contribution in [0, 0.1) is 0 Å². The summed E-state index contributed by atoms with van der Waals surface area (Å²) >= 11 is 5.69. The molecule has 0 amide bonds. The Balaban J connectivity index is 0.00000220. The van der Waals surface area contributed by atoms with Gasteiger partial charge >= 0.3 is 11.9 Å². The number of halogens is 4. The number of rotatable bonds is 3. The number of carbonyl (C=O) groups excluding carboxylic acids is 1. The number of nitrogens with zero attached hydrogens (tertiary/aromatic N) is 2. The first-order valence-electron chi connectivity index (χ1n) is 5.30. The molecule has 0 saturated heterocycles. The first kappa shape index (κ1) is 16.9. The fraction of sp³-hybridized carbons (Fsp3) is 0.182. The lowest BCUT2D eigenvalue weighted by atomic mass is 10.2. The largest absolute Gasteiger partial charge is 0.451 e. The number of hydrogen-bond donors (Lipinski definition) is 1. The number of ketones is 1. The van der Waals surface area contributed by atoms with E-state index in [1.54, 1.807) is 0 Å². The number of nitrogens with one attached hydrogen (secondary N) is 1. The zero-order valence-corrected chi connectivity index (χ0v) is 11.0. The van der Waals surface area contributed by atoms with Crippen molar-refractivity contribution in [2.45, 2.75) is 12.7 Å². The standard InChI is InChI=1S/C11H7ClF3N3O2.H2O/c12-7-3-1-6(2-4-7)9-16-17-10(20)18(9)5-8(19)11(13,14)15;/h1-4H,5H2,(H,17,20);1H2. The zero-order valence-electron chi connectivity index (χ0n) is 10.2. The van der Waals surface area contributed by atoms with Gasteiger partial charge in [-0.05, 0) is 24.3 Å². The van der Waals surface area contributed by atoms with Crippen LogP contribution in [0.1, 0.15) is 0 Å². The molecule has 0 bridgehead atoms. The van der Waals surface area contributed by atoms with Gasteiger partial charge in [-0.3, -0.25) is 9.36 Å². The third kappa shape index (κ3) is 3.70. The van der Waals surface area contributed by atoms with E-state index in [4.69, 9.17) is 11.6 Å². The first-order chi connectivity index (χ1) is 9.29. The van der Waals surface area contributed by atoms with Crippen LogP contribution in [0.4, 0.5) is 13.2 Å². The van der Waals surface area contributed by atoms with Crippen LogP contribution in [0.25, 0.3) is 11.4 Å². The smallest absolute Gasteiger partial charge is 0.412 e. The number of alkyl halides is 3. The number of hydrogen-bond acceptors (Lipinski definition) is 3. The van der Waals surface area contributed by atoms with Crippen molar-refractivity contribution in [2.24, 2.45) is 0 Å². The zero-order chi connectivity index (χ0) is 14.9. The Bertz CT molecular complexity index is 691. The van der Waals surface area contributed by atoms with Crippen LogP contribution in [0.15, 0.2) is 29.1 Å². The molecule has 0 spiro atoms. The van der Waals surface area contributed by atoms with Crippen LogP contribution in [-0.2, 0) is 11.3 Å². The highest BCUT2D eigenvalue weighted by Crippen LogP contribution is 2.21. The Hall–Kier alpha value is -2.13. The molecule has 0 saturated carbocycles. The third-order valence-corrected chi connectivity index (χ3v) is 2.73. The Kier molecular flexibility index (Phi) is 4.92. The van der Waals surface area contributed by atoms with Crippen molar-refractivity contribution in [1.82, 2.24) is 14.8 Å². The molecule has 0 aliphatic rings. The van der Waals surface area contributed by atoms with Crippen molar-refractivity contribution < 1.29 is 23.4 Å². The van der Waals surface area contributed by atoms with Crippen LogP contribution >= 0.6 is 11.6 Å².